The molecule has 1 aromatic carbocycles. The second kappa shape index (κ2) is 57.3. The summed E-state index contributed by atoms with van der Waals surface area (Å²) in [5, 5.41) is 51.7. The minimum Gasteiger partial charge on any atom is -0.394 e. The van der Waals surface area contributed by atoms with E-state index in [0.29, 0.717) is 25.7 Å². The first-order chi connectivity index (χ1) is 60.5. The van der Waals surface area contributed by atoms with Crippen molar-refractivity contribution < 1.29 is 91.4 Å². The number of carbonyl (C=O) groups is 18. The highest BCUT2D eigenvalue weighted by Gasteiger charge is 2.43. The van der Waals surface area contributed by atoms with Crippen LogP contribution in [-0.4, -0.2) is 214 Å². The molecular weight excluding hydrogens is 1660 g/mol. The van der Waals surface area contributed by atoms with E-state index in [1.54, 1.807) is 131 Å². The molecule has 1 heterocycles. The molecule has 1 aromatic heterocycles. The maximum absolute atomic E-state index is 14.9. The van der Waals surface area contributed by atoms with Crippen LogP contribution in [-0.2, 0) is 92.7 Å². The summed E-state index contributed by atoms with van der Waals surface area (Å²) in [5.41, 5.74) is 18.3. The summed E-state index contributed by atoms with van der Waals surface area (Å²) in [6.07, 6.45) is 2.11. The van der Waals surface area contributed by atoms with Crippen LogP contribution < -0.4 is 97.0 Å². The summed E-state index contributed by atoms with van der Waals surface area (Å²) in [4.78, 5) is 256. The van der Waals surface area contributed by atoms with Gasteiger partial charge in [-0.25, -0.2) is 0 Å². The van der Waals surface area contributed by atoms with Crippen molar-refractivity contribution in [2.75, 3.05) is 6.61 Å². The summed E-state index contributed by atoms with van der Waals surface area (Å²) in [6.45, 7) is 37.2. The molecule has 38 nitrogen and oxygen atoms in total. The van der Waals surface area contributed by atoms with E-state index in [4.69, 9.17) is 17.2 Å². The first-order valence-electron chi connectivity index (χ1n) is 46.0. The van der Waals surface area contributed by atoms with Crippen molar-refractivity contribution >= 4 is 117 Å². The number of nitrogens with one attached hydrogen (secondary N) is 16. The third kappa shape index (κ3) is 38.8. The lowest BCUT2D eigenvalue weighted by molar-refractivity contribution is -0.138. The van der Waals surface area contributed by atoms with E-state index in [0.717, 1.165) is 16.5 Å². The minimum absolute atomic E-state index is 0.0195. The maximum Gasteiger partial charge on any atom is 0.243 e. The zero-order chi connectivity index (χ0) is 98.1. The first kappa shape index (κ1) is 114. The first-order valence-corrected chi connectivity index (χ1v) is 46.0. The number of nitrogens with two attached hydrogens (primary N) is 3. The zero-order valence-corrected chi connectivity index (χ0v) is 80.1. The number of hydrogen-bond acceptors (Lipinski definition) is 19. The highest BCUT2D eigenvalue weighted by Crippen LogP contribution is 2.23. The summed E-state index contributed by atoms with van der Waals surface area (Å²) < 4.78 is 0. The number of fused-ring (bicyclic) bond motifs is 1. The minimum atomic E-state index is -1.60. The van der Waals surface area contributed by atoms with Crippen LogP contribution in [0.2, 0.25) is 0 Å². The van der Waals surface area contributed by atoms with Crippen molar-refractivity contribution in [1.82, 2.24) is 84.7 Å². The average Bonchev–Trinajstić information content (AvgIpc) is 1.77. The van der Waals surface area contributed by atoms with Crippen molar-refractivity contribution in [2.24, 2.45) is 76.4 Å². The number of aromatic amines is 1. The number of para-hydroxylation sites is 1. The van der Waals surface area contributed by atoms with Crippen molar-refractivity contribution in [1.29, 1.82) is 0 Å². The van der Waals surface area contributed by atoms with E-state index in [1.165, 1.54) is 13.8 Å². The smallest absolute Gasteiger partial charge is 0.243 e. The molecular formula is C91H155N19O19. The fourth-order valence-electron chi connectivity index (χ4n) is 14.5. The molecule has 0 saturated carbocycles. The molecule has 0 aliphatic heterocycles. The number of carbonyl (C=O) groups excluding carboxylic acids is 18. The molecule has 0 aliphatic rings. The Balaban J connectivity index is 2.54. The Labute approximate surface area is 761 Å². The van der Waals surface area contributed by atoms with Gasteiger partial charge in [0, 0.05) is 49.7 Å². The van der Waals surface area contributed by atoms with Crippen LogP contribution in [0.1, 0.15) is 261 Å². The Hall–Kier alpha value is -10.8. The molecule has 129 heavy (non-hydrogen) atoms. The number of aliphatic hydroxyl groups is 1. The standard InChI is InChI=1S/C91H155N19O19/c1-23-49(14)71(85(123)99-62(34-37-68(92)113)79(117)98-59(45-111)40-46(8)9)106-83(121)65(41-47(10)11)102-80(118)63(35-38-69(93)114)100-87(125)73(51(16)25-3)108-91(129)77(55(20)29-7)110-90(128)76(54(19)28-6)105-81(119)64(36-39-70(94)115)101-86(124)72(50(15)24-2)107-84(122)66(42-48(12)13)103-88(126)74(52(17)26-4)109-89(127)75(53(18)27-5)104-78(116)56(21)96-82(120)67(97-57(22)112)43-58-44-95-61-33-31-30-32-60(58)61/h30-33,44,46-56,59,62-67,71-77,95,111H,23-29,34-43,45H2,1-22H3,(H2,92,113)(H2,93,114)(H2,94,115)(H,96,120)(H,97,112)(H,98,117)(H,99,123)(H,100,125)(H,101,124)(H,102,118)(H,103,126)(H,104,116)(H,105,119)(H,106,121)(H,107,122)(H,108,129)(H,109,127)(H,110,128)/t49-,50+,51+,52+,53-,54+,55-,56-,59-,62-,63-,64-,65-,66-,67-,71-,72-,73-,74-,75-,76-,77-/m0/s1. The molecule has 0 unspecified atom stereocenters. The lowest BCUT2D eigenvalue weighted by Crippen LogP contribution is -2.63. The third-order valence-corrected chi connectivity index (χ3v) is 24.0. The van der Waals surface area contributed by atoms with Crippen molar-refractivity contribution in [3.05, 3.63) is 36.0 Å². The van der Waals surface area contributed by atoms with Gasteiger partial charge in [-0.2, -0.15) is 0 Å². The predicted molar refractivity (Wildman–Crippen MR) is 489 cm³/mol. The average molecular weight is 1820 g/mol. The monoisotopic (exact) mass is 1820 g/mol. The van der Waals surface area contributed by atoms with Gasteiger partial charge in [0.25, 0.3) is 0 Å². The van der Waals surface area contributed by atoms with E-state index in [9.17, 15) is 91.4 Å². The van der Waals surface area contributed by atoms with Gasteiger partial charge < -0.3 is 107 Å². The van der Waals surface area contributed by atoms with E-state index in [1.807, 2.05) is 38.1 Å². The van der Waals surface area contributed by atoms with Crippen LogP contribution in [0.3, 0.4) is 0 Å². The second-order valence-corrected chi connectivity index (χ2v) is 36.2. The van der Waals surface area contributed by atoms with Crippen LogP contribution in [0.25, 0.3) is 10.9 Å². The van der Waals surface area contributed by atoms with Crippen LogP contribution in [0.4, 0.5) is 0 Å². The quantitative estimate of drug-likeness (QED) is 0.0452. The lowest BCUT2D eigenvalue weighted by atomic mass is 9.93. The Kier molecular flexibility index (Phi) is 50.7. The van der Waals surface area contributed by atoms with E-state index < -0.39 is 271 Å². The SMILES string of the molecule is CC[C@@H](C)[C@H](NC(=O)[C@H](CC(C)C)NC(=O)[C@@H](NC(=O)[C@@H](NC(=O)[C@H](C)NC(=O)[C@H](Cc1c[nH]c2ccccc12)NC(C)=O)[C@@H](C)CC)[C@H](C)CC)C(=O)N[C@@H](CCC(N)=O)C(=O)N[C@H](C(=O)N[C@H](C(=O)N[C@H](C(=O)N[C@@H](CCC(N)=O)C(=O)N[C@@H](CC(C)C)C(=O)N[C@H](C(=O)N[C@@H](CCC(N)=O)C(=O)N[C@H](CO)CC(C)C)[C@@H](C)CC)[C@H](C)CC)[C@@H](C)CC)[C@H](C)CC. The summed E-state index contributed by atoms with van der Waals surface area (Å²) in [7, 11) is 0. The summed E-state index contributed by atoms with van der Waals surface area (Å²) in [6, 6.07) is -12.4. The highest BCUT2D eigenvalue weighted by molar-refractivity contribution is 6.01. The molecule has 38 heteroatoms. The summed E-state index contributed by atoms with van der Waals surface area (Å²) in [5.74, 6) is -19.3. The van der Waals surface area contributed by atoms with Crippen LogP contribution in [0.15, 0.2) is 30.5 Å². The molecule has 22 atom stereocenters. The highest BCUT2D eigenvalue weighted by atomic mass is 16.3. The number of benzene rings is 1. The molecule has 18 amide bonds. The topological polar surface area (TPSA) is 602 Å². The third-order valence-electron chi connectivity index (χ3n) is 24.0. The Morgan fingerprint density at radius 3 is 0.860 bits per heavy atom. The van der Waals surface area contributed by atoms with Gasteiger partial charge in [-0.15, -0.1) is 0 Å². The normalized spacial score (nSPS) is 16.6. The largest absolute Gasteiger partial charge is 0.394 e. The lowest BCUT2D eigenvalue weighted by Gasteiger charge is -2.33. The van der Waals surface area contributed by atoms with Gasteiger partial charge in [0.15, 0.2) is 0 Å². The molecule has 0 fully saturated rings. The number of aromatic nitrogens is 1. The Bertz CT molecular complexity index is 4060. The fourth-order valence-corrected chi connectivity index (χ4v) is 14.5. The van der Waals surface area contributed by atoms with Gasteiger partial charge in [0.2, 0.25) is 106 Å². The molecule has 23 N–H and O–H groups in total. The van der Waals surface area contributed by atoms with E-state index in [2.05, 4.69) is 84.7 Å². The predicted octanol–water partition coefficient (Wildman–Crippen LogP) is 2.27. The molecule has 2 aromatic rings. The molecule has 728 valence electrons. The van der Waals surface area contributed by atoms with Crippen molar-refractivity contribution in [2.45, 2.75) is 352 Å². The van der Waals surface area contributed by atoms with Crippen molar-refractivity contribution in [3.8, 4) is 0 Å². The molecule has 0 bridgehead atoms. The van der Waals surface area contributed by atoms with Gasteiger partial charge >= 0.3 is 0 Å². The Morgan fingerprint density at radius 1 is 0.310 bits per heavy atom. The maximum atomic E-state index is 14.9. The summed E-state index contributed by atoms with van der Waals surface area (Å²) >= 11 is 0. The zero-order valence-electron chi connectivity index (χ0n) is 80.1. The molecule has 0 saturated heterocycles. The van der Waals surface area contributed by atoms with Crippen LogP contribution >= 0.6 is 0 Å². The van der Waals surface area contributed by atoms with Gasteiger partial charge in [-0.05, 0) is 116 Å². The Morgan fingerprint density at radius 2 is 0.566 bits per heavy atom. The molecule has 0 radical (unpaired) electrons. The van der Waals surface area contributed by atoms with Gasteiger partial charge in [-0.1, -0.05) is 202 Å². The number of aliphatic hydroxyl groups excluding tert-OH is 1. The number of amides is 18. The van der Waals surface area contributed by atoms with Gasteiger partial charge in [0.05, 0.1) is 12.6 Å². The molecule has 0 spiro atoms. The number of rotatable bonds is 61. The number of primary amides is 3. The number of H-pyrrole nitrogens is 1. The van der Waals surface area contributed by atoms with Crippen LogP contribution in [0, 0.1) is 59.2 Å². The number of hydrogen-bond donors (Lipinski definition) is 20. The molecule has 2 rings (SSSR count). The second-order valence-electron chi connectivity index (χ2n) is 36.2. The van der Waals surface area contributed by atoms with Crippen molar-refractivity contribution in [3.63, 3.8) is 0 Å². The molecule has 0 aliphatic carbocycles. The van der Waals surface area contributed by atoms with E-state index >= 15 is 0 Å². The van der Waals surface area contributed by atoms with Gasteiger partial charge in [-0.3, -0.25) is 86.3 Å². The van der Waals surface area contributed by atoms with Crippen LogP contribution in [0.5, 0.6) is 0 Å². The van der Waals surface area contributed by atoms with E-state index in [-0.39, 0.29) is 75.5 Å². The fraction of sp³-hybridized carbons (Fsp3) is 0.714. The van der Waals surface area contributed by atoms with Gasteiger partial charge in [0.1, 0.15) is 84.6 Å².